The van der Waals surface area contributed by atoms with Crippen molar-refractivity contribution in [3.8, 4) is 23.2 Å². The van der Waals surface area contributed by atoms with E-state index in [1.807, 2.05) is 16.9 Å². The van der Waals surface area contributed by atoms with E-state index in [4.69, 9.17) is 4.74 Å². The van der Waals surface area contributed by atoms with Gasteiger partial charge in [-0.3, -0.25) is 14.4 Å². The molecular formula is C30H32F3N9O3. The van der Waals surface area contributed by atoms with Gasteiger partial charge in [0.1, 0.15) is 29.3 Å². The van der Waals surface area contributed by atoms with E-state index < -0.39 is 29.4 Å². The van der Waals surface area contributed by atoms with E-state index in [0.717, 1.165) is 35.1 Å². The highest BCUT2D eigenvalue weighted by atomic mass is 19.4. The van der Waals surface area contributed by atoms with Crippen LogP contribution in [0.15, 0.2) is 43.1 Å². The second kappa shape index (κ2) is 12.1. The maximum Gasteiger partial charge on any atom is 0.433 e. The summed E-state index contributed by atoms with van der Waals surface area (Å²) in [7, 11) is 0. The van der Waals surface area contributed by atoms with Gasteiger partial charge in [0, 0.05) is 60.1 Å². The van der Waals surface area contributed by atoms with Crippen LogP contribution in [0.5, 0.6) is 5.88 Å². The lowest BCUT2D eigenvalue weighted by Gasteiger charge is -2.53. The van der Waals surface area contributed by atoms with E-state index in [1.54, 1.807) is 12.4 Å². The number of fused-ring (bicyclic) bond motifs is 1. The van der Waals surface area contributed by atoms with Crippen molar-refractivity contribution >= 4 is 16.9 Å². The van der Waals surface area contributed by atoms with Crippen molar-refractivity contribution in [2.75, 3.05) is 19.7 Å². The lowest BCUT2D eigenvalue weighted by Crippen LogP contribution is -2.65. The molecule has 4 aromatic rings. The zero-order valence-electron chi connectivity index (χ0n) is 24.5. The van der Waals surface area contributed by atoms with Gasteiger partial charge in [0.2, 0.25) is 5.88 Å². The van der Waals surface area contributed by atoms with Crippen LogP contribution in [0.3, 0.4) is 0 Å². The van der Waals surface area contributed by atoms with Crippen LogP contribution >= 0.6 is 0 Å². The van der Waals surface area contributed by atoms with Gasteiger partial charge in [0.15, 0.2) is 0 Å². The maximum atomic E-state index is 13.6. The summed E-state index contributed by atoms with van der Waals surface area (Å²) in [5.41, 5.74) is 0.394. The van der Waals surface area contributed by atoms with Gasteiger partial charge in [0.25, 0.3) is 5.91 Å². The molecule has 2 aliphatic rings. The van der Waals surface area contributed by atoms with Gasteiger partial charge in [-0.1, -0.05) is 0 Å². The van der Waals surface area contributed by atoms with Crippen molar-refractivity contribution < 1.29 is 27.8 Å². The van der Waals surface area contributed by atoms with Crippen LogP contribution in [-0.2, 0) is 11.7 Å². The predicted molar refractivity (Wildman–Crippen MR) is 155 cm³/mol. The highest BCUT2D eigenvalue weighted by Gasteiger charge is 2.48. The average Bonchev–Trinajstić information content (AvgIpc) is 3.69. The number of halogens is 3. The largest absolute Gasteiger partial charge is 0.474 e. The number of nitrogens with one attached hydrogen (secondary N) is 2. The number of aliphatic hydroxyl groups excluding tert-OH is 1. The molecule has 1 atom stereocenters. The van der Waals surface area contributed by atoms with E-state index in [9.17, 15) is 28.3 Å². The van der Waals surface area contributed by atoms with Crippen molar-refractivity contribution in [1.29, 1.82) is 5.26 Å². The fraction of sp³-hybridized carbons (Fsp3) is 0.467. The van der Waals surface area contributed by atoms with Crippen molar-refractivity contribution in [2.24, 2.45) is 0 Å². The molecule has 1 saturated heterocycles. The number of ether oxygens (including phenoxy) is 1. The summed E-state index contributed by atoms with van der Waals surface area (Å²) in [6, 6.07) is 5.71. The Hall–Kier alpha value is -4.55. The van der Waals surface area contributed by atoms with E-state index >= 15 is 0 Å². The van der Waals surface area contributed by atoms with E-state index in [2.05, 4.69) is 41.3 Å². The summed E-state index contributed by atoms with van der Waals surface area (Å²) < 4.78 is 48.4. The number of carbonyl (C=O) groups is 1. The first-order chi connectivity index (χ1) is 21.6. The molecule has 1 aliphatic carbocycles. The summed E-state index contributed by atoms with van der Waals surface area (Å²) in [6.07, 6.45) is 4.86. The quantitative estimate of drug-likeness (QED) is 0.253. The number of pyridine rings is 1. The van der Waals surface area contributed by atoms with Gasteiger partial charge in [0.05, 0.1) is 31.0 Å². The number of nitrogens with zero attached hydrogens (tertiary/aromatic N) is 7. The summed E-state index contributed by atoms with van der Waals surface area (Å²) in [5, 5.41) is 26.8. The molecule has 15 heteroatoms. The monoisotopic (exact) mass is 623 g/mol. The smallest absolute Gasteiger partial charge is 0.433 e. The summed E-state index contributed by atoms with van der Waals surface area (Å²) in [4.78, 5) is 30.2. The van der Waals surface area contributed by atoms with Gasteiger partial charge in [-0.05, 0) is 44.7 Å². The number of H-pyrrole nitrogens is 1. The second-order valence-corrected chi connectivity index (χ2v) is 11.8. The highest BCUT2D eigenvalue weighted by molar-refractivity contribution is 5.94. The molecule has 12 nitrogen and oxygen atoms in total. The number of likely N-dealkylation sites (tertiary alicyclic amines) is 1. The Morgan fingerprint density at radius 1 is 1.27 bits per heavy atom. The molecule has 0 unspecified atom stereocenters. The van der Waals surface area contributed by atoms with E-state index in [-0.39, 0.29) is 30.2 Å². The van der Waals surface area contributed by atoms with Crippen LogP contribution in [0.2, 0.25) is 0 Å². The molecule has 1 saturated carbocycles. The zero-order valence-corrected chi connectivity index (χ0v) is 24.5. The van der Waals surface area contributed by atoms with Gasteiger partial charge < -0.3 is 20.1 Å². The second-order valence-electron chi connectivity index (χ2n) is 11.8. The minimum Gasteiger partial charge on any atom is -0.474 e. The number of nitriles is 1. The highest BCUT2D eigenvalue weighted by Crippen LogP contribution is 2.39. The molecular weight excluding hydrogens is 591 g/mol. The third kappa shape index (κ3) is 6.20. The third-order valence-corrected chi connectivity index (χ3v) is 8.55. The number of aromatic amines is 1. The van der Waals surface area contributed by atoms with Crippen LogP contribution in [0, 0.1) is 11.3 Å². The molecule has 236 valence electrons. The minimum absolute atomic E-state index is 0.226. The molecule has 5 heterocycles. The van der Waals surface area contributed by atoms with Gasteiger partial charge in [-0.2, -0.15) is 23.5 Å². The van der Waals surface area contributed by atoms with Gasteiger partial charge >= 0.3 is 6.18 Å². The topological polar surface area (TPSA) is 158 Å². The Labute approximate surface area is 256 Å². The van der Waals surface area contributed by atoms with Crippen molar-refractivity contribution in [2.45, 2.75) is 68.9 Å². The zero-order chi connectivity index (χ0) is 31.8. The number of hydrogen-bond donors (Lipinski definition) is 3. The van der Waals surface area contributed by atoms with Crippen molar-refractivity contribution in [3.05, 3.63) is 54.4 Å². The van der Waals surface area contributed by atoms with Gasteiger partial charge in [-0.25, -0.2) is 15.0 Å². The standard InChI is InChI=1S/C30H32F3N9O3/c1-18(14-43)39-28(44)19-10-24(30(31,32)33)40-25(11-19)45-22-4-2-21(3-5-22)41-15-29(16-41,7-8-34)42-13-20(12-38-42)26-23-6-9-35-27(23)37-17-36-26/h6,9-13,17-18,21-22,43H,2-5,7,14-16H2,1H3,(H,39,44)(H,35,36,37)/t18-,21?,22?/m0/s1. The maximum absolute atomic E-state index is 13.6. The van der Waals surface area contributed by atoms with Gasteiger partial charge in [-0.15, -0.1) is 0 Å². The Morgan fingerprint density at radius 3 is 2.76 bits per heavy atom. The normalized spacial score (nSPS) is 20.7. The molecule has 0 aromatic carbocycles. The SMILES string of the molecule is C[C@@H](CO)NC(=O)c1cc(OC2CCC(N3CC(CC#N)(n4cc(-c5ncnc6[nH]ccc56)cn4)C3)CC2)nc(C(F)(F)F)c1. The number of aromatic nitrogens is 6. The molecule has 0 spiro atoms. The molecule has 0 radical (unpaired) electrons. The first-order valence-electron chi connectivity index (χ1n) is 14.7. The first kappa shape index (κ1) is 30.5. The van der Waals surface area contributed by atoms with Crippen LogP contribution in [0.25, 0.3) is 22.3 Å². The fourth-order valence-electron chi connectivity index (χ4n) is 6.15. The molecule has 45 heavy (non-hydrogen) atoms. The Morgan fingerprint density at radius 2 is 2.04 bits per heavy atom. The number of alkyl halides is 3. The van der Waals surface area contributed by atoms with Crippen LogP contribution in [0.4, 0.5) is 13.2 Å². The number of carbonyl (C=O) groups excluding carboxylic acids is 1. The third-order valence-electron chi connectivity index (χ3n) is 8.55. The lowest BCUT2D eigenvalue weighted by molar-refractivity contribution is -0.141. The Kier molecular flexibility index (Phi) is 8.19. The first-order valence-corrected chi connectivity index (χ1v) is 14.7. The number of rotatable bonds is 9. The number of aliphatic hydroxyl groups is 1. The Bertz CT molecular complexity index is 1720. The summed E-state index contributed by atoms with van der Waals surface area (Å²) in [5.74, 6) is -1.02. The molecule has 6 rings (SSSR count). The fourth-order valence-corrected chi connectivity index (χ4v) is 6.15. The van der Waals surface area contributed by atoms with Crippen LogP contribution in [0.1, 0.15) is 55.1 Å². The number of amides is 1. The minimum atomic E-state index is -4.76. The lowest BCUT2D eigenvalue weighted by atomic mass is 9.82. The summed E-state index contributed by atoms with van der Waals surface area (Å²) in [6.45, 7) is 2.46. The molecule has 2 fully saturated rings. The molecule has 4 aromatic heterocycles. The molecule has 3 N–H and O–H groups in total. The predicted octanol–water partition coefficient (Wildman–Crippen LogP) is 3.66. The van der Waals surface area contributed by atoms with Crippen molar-refractivity contribution in [3.63, 3.8) is 0 Å². The number of hydrogen-bond acceptors (Lipinski definition) is 9. The summed E-state index contributed by atoms with van der Waals surface area (Å²) >= 11 is 0. The van der Waals surface area contributed by atoms with Crippen LogP contribution < -0.4 is 10.1 Å². The molecule has 1 aliphatic heterocycles. The Balaban J connectivity index is 1.09. The van der Waals surface area contributed by atoms with E-state index in [1.165, 1.54) is 19.3 Å². The van der Waals surface area contributed by atoms with E-state index in [0.29, 0.717) is 38.4 Å². The molecule has 0 bridgehead atoms. The van der Waals surface area contributed by atoms with Crippen molar-refractivity contribution in [1.82, 2.24) is 39.9 Å². The van der Waals surface area contributed by atoms with Crippen LogP contribution in [-0.4, -0.2) is 83.5 Å². The molecule has 1 amide bonds. The average molecular weight is 624 g/mol.